The Kier molecular flexibility index (Phi) is 5.12. The highest BCUT2D eigenvalue weighted by atomic mass is 32.2. The fraction of sp³-hybridized carbons (Fsp3) is 0.0909. The monoisotopic (exact) mass is 391 g/mol. The summed E-state index contributed by atoms with van der Waals surface area (Å²) in [5.74, 6) is 0.0356. The molecule has 0 aliphatic heterocycles. The minimum atomic E-state index is -0.478. The van der Waals surface area contributed by atoms with E-state index in [-0.39, 0.29) is 5.82 Å². The van der Waals surface area contributed by atoms with Gasteiger partial charge in [-0.1, -0.05) is 54.2 Å². The molecule has 0 fully saturated rings. The zero-order valence-electron chi connectivity index (χ0n) is 15.0. The summed E-state index contributed by atoms with van der Waals surface area (Å²) in [4.78, 5) is 16.2. The van der Waals surface area contributed by atoms with E-state index < -0.39 is 5.91 Å². The van der Waals surface area contributed by atoms with E-state index in [9.17, 15) is 9.18 Å². The molecule has 0 atom stereocenters. The van der Waals surface area contributed by atoms with Crippen LogP contribution in [0.25, 0.3) is 11.0 Å². The smallest absolute Gasteiger partial charge is 0.248 e. The fourth-order valence-corrected chi connectivity index (χ4v) is 3.99. The number of hydrogen-bond acceptors (Lipinski definition) is 3. The minimum absolute atomic E-state index is 0.260. The molecular formula is C22H18FN3OS. The lowest BCUT2D eigenvalue weighted by molar-refractivity contribution is 0.100. The van der Waals surface area contributed by atoms with Crippen LogP contribution in [0.5, 0.6) is 0 Å². The number of primary amides is 1. The number of fused-ring (bicyclic) bond motifs is 1. The molecule has 1 amide bonds. The third kappa shape index (κ3) is 3.92. The number of nitrogens with zero attached hydrogens (tertiary/aromatic N) is 2. The van der Waals surface area contributed by atoms with Gasteiger partial charge >= 0.3 is 0 Å². The molecule has 140 valence electrons. The van der Waals surface area contributed by atoms with Crippen LogP contribution in [-0.2, 0) is 12.3 Å². The Labute approximate surface area is 166 Å². The second-order valence-corrected chi connectivity index (χ2v) is 7.39. The predicted octanol–water partition coefficient (Wildman–Crippen LogP) is 4.61. The molecule has 4 rings (SSSR count). The maximum Gasteiger partial charge on any atom is 0.248 e. The van der Waals surface area contributed by atoms with Crippen LogP contribution in [0.15, 0.2) is 78.0 Å². The Balaban J connectivity index is 1.72. The van der Waals surface area contributed by atoms with Crippen LogP contribution < -0.4 is 5.73 Å². The molecule has 0 radical (unpaired) electrons. The zero-order valence-corrected chi connectivity index (χ0v) is 15.8. The maximum absolute atomic E-state index is 13.3. The number of rotatable bonds is 6. The van der Waals surface area contributed by atoms with Gasteiger partial charge in [-0.05, 0) is 41.5 Å². The molecule has 0 spiro atoms. The Morgan fingerprint density at radius 3 is 2.46 bits per heavy atom. The van der Waals surface area contributed by atoms with Gasteiger partial charge in [-0.25, -0.2) is 9.37 Å². The normalized spacial score (nSPS) is 11.0. The van der Waals surface area contributed by atoms with Crippen LogP contribution in [-0.4, -0.2) is 15.5 Å². The van der Waals surface area contributed by atoms with Crippen molar-refractivity contribution in [3.05, 3.63) is 95.3 Å². The number of aromatic nitrogens is 2. The summed E-state index contributed by atoms with van der Waals surface area (Å²) in [5, 5.41) is 0.838. The molecule has 0 aliphatic carbocycles. The summed E-state index contributed by atoms with van der Waals surface area (Å²) in [7, 11) is 0. The zero-order chi connectivity index (χ0) is 19.5. The van der Waals surface area contributed by atoms with E-state index in [0.29, 0.717) is 17.6 Å². The fourth-order valence-electron chi connectivity index (χ4n) is 3.02. The van der Waals surface area contributed by atoms with E-state index in [1.165, 1.54) is 17.7 Å². The Morgan fingerprint density at radius 2 is 1.75 bits per heavy atom. The van der Waals surface area contributed by atoms with Gasteiger partial charge in [0.05, 0.1) is 17.6 Å². The first-order valence-electron chi connectivity index (χ1n) is 8.81. The number of thioether (sulfide) groups is 1. The van der Waals surface area contributed by atoms with Crippen molar-refractivity contribution >= 4 is 28.7 Å². The van der Waals surface area contributed by atoms with Crippen LogP contribution in [0.4, 0.5) is 4.39 Å². The van der Waals surface area contributed by atoms with Gasteiger partial charge in [0.2, 0.25) is 5.91 Å². The van der Waals surface area contributed by atoms with Crippen LogP contribution >= 0.6 is 11.8 Å². The number of amides is 1. The molecule has 0 bridgehead atoms. The topological polar surface area (TPSA) is 60.9 Å². The molecule has 0 aliphatic rings. The molecule has 0 saturated heterocycles. The van der Waals surface area contributed by atoms with Gasteiger partial charge in [0, 0.05) is 11.3 Å². The van der Waals surface area contributed by atoms with E-state index in [2.05, 4.69) is 16.7 Å². The van der Waals surface area contributed by atoms with Crippen molar-refractivity contribution in [3.8, 4) is 0 Å². The van der Waals surface area contributed by atoms with Crippen molar-refractivity contribution in [3.63, 3.8) is 0 Å². The molecule has 4 aromatic rings. The van der Waals surface area contributed by atoms with Crippen LogP contribution in [0.2, 0.25) is 0 Å². The van der Waals surface area contributed by atoms with Gasteiger partial charge in [-0.2, -0.15) is 0 Å². The molecule has 1 aromatic heterocycles. The first-order valence-corrected chi connectivity index (χ1v) is 9.80. The van der Waals surface area contributed by atoms with Crippen LogP contribution in [0.1, 0.15) is 21.5 Å². The second-order valence-electron chi connectivity index (χ2n) is 6.45. The number of carbonyl (C=O) groups is 1. The highest BCUT2D eigenvalue weighted by Crippen LogP contribution is 2.28. The van der Waals surface area contributed by atoms with E-state index in [1.807, 2.05) is 24.3 Å². The van der Waals surface area contributed by atoms with Gasteiger partial charge in [-0.15, -0.1) is 0 Å². The molecule has 4 nitrogen and oxygen atoms in total. The third-order valence-corrected chi connectivity index (χ3v) is 5.51. The van der Waals surface area contributed by atoms with Gasteiger partial charge in [0.15, 0.2) is 5.16 Å². The highest BCUT2D eigenvalue weighted by Gasteiger charge is 2.14. The number of imidazole rings is 1. The lowest BCUT2D eigenvalue weighted by atomic mass is 10.2. The van der Waals surface area contributed by atoms with Gasteiger partial charge in [-0.3, -0.25) is 4.79 Å². The molecular weight excluding hydrogens is 373 g/mol. The van der Waals surface area contributed by atoms with E-state index >= 15 is 0 Å². The summed E-state index contributed by atoms with van der Waals surface area (Å²) in [6.45, 7) is 0.559. The molecule has 3 aromatic carbocycles. The van der Waals surface area contributed by atoms with Crippen molar-refractivity contribution in [2.45, 2.75) is 17.5 Å². The van der Waals surface area contributed by atoms with Crippen molar-refractivity contribution in [1.82, 2.24) is 9.55 Å². The number of halogens is 1. The van der Waals surface area contributed by atoms with E-state index in [1.54, 1.807) is 36.0 Å². The van der Waals surface area contributed by atoms with Crippen LogP contribution in [0, 0.1) is 5.82 Å². The second kappa shape index (κ2) is 7.86. The highest BCUT2D eigenvalue weighted by molar-refractivity contribution is 7.98. The SMILES string of the molecule is NC(=O)c1ccc2c(c1)nc(SCc1ccccc1)n2Cc1ccc(F)cc1. The number of nitrogens with two attached hydrogens (primary N) is 1. The summed E-state index contributed by atoms with van der Waals surface area (Å²) < 4.78 is 15.3. The van der Waals surface area contributed by atoms with E-state index in [0.717, 1.165) is 22.0 Å². The standard InChI is InChI=1S/C22H18FN3OS/c23-18-9-6-15(7-10-18)13-26-20-11-8-17(21(24)27)12-19(20)25-22(26)28-14-16-4-2-1-3-5-16/h1-12H,13-14H2,(H2,24,27). The average molecular weight is 391 g/mol. The first-order chi connectivity index (χ1) is 13.6. The largest absolute Gasteiger partial charge is 0.366 e. The number of carbonyl (C=O) groups excluding carboxylic acids is 1. The van der Waals surface area contributed by atoms with Crippen molar-refractivity contribution < 1.29 is 9.18 Å². The van der Waals surface area contributed by atoms with E-state index in [4.69, 9.17) is 10.7 Å². The molecule has 2 N–H and O–H groups in total. The summed E-state index contributed by atoms with van der Waals surface area (Å²) in [6.07, 6.45) is 0. The number of hydrogen-bond donors (Lipinski definition) is 1. The van der Waals surface area contributed by atoms with Crippen molar-refractivity contribution in [2.75, 3.05) is 0 Å². The number of benzene rings is 3. The Morgan fingerprint density at radius 1 is 1.00 bits per heavy atom. The van der Waals surface area contributed by atoms with Gasteiger partial charge in [0.1, 0.15) is 5.82 Å². The minimum Gasteiger partial charge on any atom is -0.366 e. The van der Waals surface area contributed by atoms with Crippen LogP contribution in [0.3, 0.4) is 0 Å². The molecule has 0 saturated carbocycles. The quantitative estimate of drug-likeness (QED) is 0.488. The molecule has 28 heavy (non-hydrogen) atoms. The molecule has 1 heterocycles. The molecule has 6 heteroatoms. The third-order valence-electron chi connectivity index (χ3n) is 4.46. The first kappa shape index (κ1) is 18.3. The van der Waals surface area contributed by atoms with Crippen molar-refractivity contribution in [2.24, 2.45) is 5.73 Å². The van der Waals surface area contributed by atoms with Gasteiger partial charge < -0.3 is 10.3 Å². The maximum atomic E-state index is 13.3. The lowest BCUT2D eigenvalue weighted by Gasteiger charge is -2.09. The Hall–Kier alpha value is -3.12. The summed E-state index contributed by atoms with van der Waals surface area (Å²) in [5.41, 5.74) is 9.63. The molecule has 0 unspecified atom stereocenters. The average Bonchev–Trinajstić information content (AvgIpc) is 3.05. The van der Waals surface area contributed by atoms with Gasteiger partial charge in [0.25, 0.3) is 0 Å². The summed E-state index contributed by atoms with van der Waals surface area (Å²) >= 11 is 1.62. The van der Waals surface area contributed by atoms with Crippen molar-refractivity contribution in [1.29, 1.82) is 0 Å². The lowest BCUT2D eigenvalue weighted by Crippen LogP contribution is -2.10. The predicted molar refractivity (Wildman–Crippen MR) is 110 cm³/mol. The summed E-state index contributed by atoms with van der Waals surface area (Å²) in [6, 6.07) is 21.9. The Bertz CT molecular complexity index is 1120.